The van der Waals surface area contributed by atoms with Gasteiger partial charge >= 0.3 is 5.69 Å². The molecule has 18 heavy (non-hydrogen) atoms. The lowest BCUT2D eigenvalue weighted by Gasteiger charge is -2.15. The van der Waals surface area contributed by atoms with Crippen LogP contribution in [0.1, 0.15) is 44.6 Å². The third-order valence-corrected chi connectivity index (χ3v) is 3.94. The molecule has 5 nitrogen and oxygen atoms in total. The summed E-state index contributed by atoms with van der Waals surface area (Å²) in [5, 5.41) is 0.310. The van der Waals surface area contributed by atoms with Crippen LogP contribution < -0.4 is 5.69 Å². The number of nitrogens with zero attached hydrogens (tertiary/aromatic N) is 3. The number of halogens is 1. The summed E-state index contributed by atoms with van der Waals surface area (Å²) in [6, 6.07) is 0.236. The van der Waals surface area contributed by atoms with Gasteiger partial charge in [-0.1, -0.05) is 37.3 Å². The minimum Gasteiger partial charge on any atom is -0.302 e. The molecule has 96 valence electrons. The van der Waals surface area contributed by atoms with E-state index in [0.29, 0.717) is 16.3 Å². The lowest BCUT2D eigenvalue weighted by atomic mass is 10.1. The highest BCUT2D eigenvalue weighted by atomic mass is 35.5. The second-order valence-corrected chi connectivity index (χ2v) is 5.17. The molecule has 1 N–H and O–H groups in total. The number of fused-ring (bicyclic) bond motifs is 1. The molecule has 2 aromatic rings. The van der Waals surface area contributed by atoms with Gasteiger partial charge in [-0.25, -0.2) is 14.8 Å². The van der Waals surface area contributed by atoms with Crippen LogP contribution in [-0.4, -0.2) is 19.5 Å². The van der Waals surface area contributed by atoms with Gasteiger partial charge in [-0.2, -0.15) is 0 Å². The second kappa shape index (κ2) is 4.72. The zero-order chi connectivity index (χ0) is 12.5. The third-order valence-electron chi connectivity index (χ3n) is 3.65. The lowest BCUT2D eigenvalue weighted by molar-refractivity contribution is 0.441. The number of nitrogens with one attached hydrogen (secondary N) is 1. The first kappa shape index (κ1) is 11.7. The molecular weight excluding hydrogens is 252 g/mol. The van der Waals surface area contributed by atoms with Crippen molar-refractivity contribution in [3.8, 4) is 0 Å². The molecular formula is C12H15ClN4O. The highest BCUT2D eigenvalue weighted by Gasteiger charge is 2.20. The summed E-state index contributed by atoms with van der Waals surface area (Å²) >= 11 is 5.98. The lowest BCUT2D eigenvalue weighted by Crippen LogP contribution is -2.22. The number of hydrogen-bond donors (Lipinski definition) is 1. The maximum Gasteiger partial charge on any atom is 0.328 e. The Bertz CT molecular complexity index is 610. The Morgan fingerprint density at radius 2 is 1.94 bits per heavy atom. The largest absolute Gasteiger partial charge is 0.328 e. The molecule has 6 heteroatoms. The fraction of sp³-hybridized carbons (Fsp3) is 0.583. The van der Waals surface area contributed by atoms with Crippen molar-refractivity contribution in [1.29, 1.82) is 0 Å². The van der Waals surface area contributed by atoms with Crippen molar-refractivity contribution in [3.63, 3.8) is 0 Å². The normalized spacial score (nSPS) is 18.1. The van der Waals surface area contributed by atoms with E-state index in [1.54, 1.807) is 4.57 Å². The number of rotatable bonds is 1. The molecule has 0 saturated heterocycles. The predicted octanol–water partition coefficient (Wildman–Crippen LogP) is 2.67. The Morgan fingerprint density at radius 1 is 1.22 bits per heavy atom. The molecule has 0 aromatic carbocycles. The molecule has 1 aliphatic rings. The highest BCUT2D eigenvalue weighted by Crippen LogP contribution is 2.28. The number of H-pyrrole nitrogens is 1. The van der Waals surface area contributed by atoms with Crippen LogP contribution in [0.4, 0.5) is 0 Å². The Balaban J connectivity index is 2.13. The fourth-order valence-electron chi connectivity index (χ4n) is 2.76. The Morgan fingerprint density at radius 3 is 2.67 bits per heavy atom. The summed E-state index contributed by atoms with van der Waals surface area (Å²) < 4.78 is 1.76. The smallest absolute Gasteiger partial charge is 0.302 e. The maximum absolute atomic E-state index is 12.1. The van der Waals surface area contributed by atoms with Crippen molar-refractivity contribution in [1.82, 2.24) is 19.5 Å². The van der Waals surface area contributed by atoms with Crippen molar-refractivity contribution in [2.45, 2.75) is 44.6 Å². The monoisotopic (exact) mass is 266 g/mol. The first-order valence-corrected chi connectivity index (χ1v) is 6.76. The first-order valence-electron chi connectivity index (χ1n) is 6.38. The average molecular weight is 267 g/mol. The van der Waals surface area contributed by atoms with Crippen LogP contribution in [0.3, 0.4) is 0 Å². The molecule has 0 atom stereocenters. The van der Waals surface area contributed by atoms with Gasteiger partial charge in [0, 0.05) is 6.04 Å². The van der Waals surface area contributed by atoms with E-state index >= 15 is 0 Å². The molecule has 1 aliphatic carbocycles. The van der Waals surface area contributed by atoms with Crippen LogP contribution in [0.5, 0.6) is 0 Å². The fourth-order valence-corrected chi connectivity index (χ4v) is 2.94. The molecule has 1 fully saturated rings. The minimum atomic E-state index is -0.126. The van der Waals surface area contributed by atoms with Gasteiger partial charge in [-0.3, -0.25) is 4.57 Å². The number of imidazole rings is 1. The molecule has 1 saturated carbocycles. The molecule has 0 unspecified atom stereocenters. The third kappa shape index (κ3) is 1.92. The summed E-state index contributed by atoms with van der Waals surface area (Å²) in [7, 11) is 0. The zero-order valence-corrected chi connectivity index (χ0v) is 10.8. The van der Waals surface area contributed by atoms with Crippen LogP contribution in [0, 0.1) is 0 Å². The van der Waals surface area contributed by atoms with Gasteiger partial charge in [-0.05, 0) is 12.8 Å². The van der Waals surface area contributed by atoms with E-state index in [2.05, 4.69) is 15.0 Å². The van der Waals surface area contributed by atoms with Crippen LogP contribution in [0.15, 0.2) is 11.1 Å². The van der Waals surface area contributed by atoms with Gasteiger partial charge in [0.15, 0.2) is 10.8 Å². The van der Waals surface area contributed by atoms with Gasteiger partial charge in [-0.15, -0.1) is 0 Å². The summed E-state index contributed by atoms with van der Waals surface area (Å²) in [6.07, 6.45) is 8.33. The standard InChI is InChI=1S/C12H15ClN4O/c13-10-9-11(15-7-14-10)17(12(18)16-9)8-5-3-1-2-4-6-8/h7-8H,1-6H2,(H,16,18). The van der Waals surface area contributed by atoms with Gasteiger partial charge in [0.2, 0.25) is 0 Å². The molecule has 2 heterocycles. The second-order valence-electron chi connectivity index (χ2n) is 4.81. The zero-order valence-electron chi connectivity index (χ0n) is 10.0. The molecule has 0 bridgehead atoms. The van der Waals surface area contributed by atoms with Gasteiger partial charge in [0.25, 0.3) is 0 Å². The maximum atomic E-state index is 12.1. The SMILES string of the molecule is O=c1[nH]c2c(Cl)ncnc2n1C1CCCCCC1. The van der Waals surface area contributed by atoms with E-state index in [4.69, 9.17) is 11.6 Å². The van der Waals surface area contributed by atoms with E-state index in [0.717, 1.165) is 12.8 Å². The summed E-state index contributed by atoms with van der Waals surface area (Å²) in [4.78, 5) is 22.9. The molecule has 0 spiro atoms. The van der Waals surface area contributed by atoms with E-state index in [1.165, 1.54) is 32.0 Å². The van der Waals surface area contributed by atoms with Gasteiger partial charge < -0.3 is 4.98 Å². The van der Waals surface area contributed by atoms with E-state index in [9.17, 15) is 4.79 Å². The van der Waals surface area contributed by atoms with Crippen molar-refractivity contribution >= 4 is 22.8 Å². The van der Waals surface area contributed by atoms with Gasteiger partial charge in [0.05, 0.1) is 0 Å². The van der Waals surface area contributed by atoms with Gasteiger partial charge in [0.1, 0.15) is 11.8 Å². The number of aromatic amines is 1. The van der Waals surface area contributed by atoms with Crippen LogP contribution in [0.25, 0.3) is 11.2 Å². The summed E-state index contributed by atoms with van der Waals surface area (Å²) in [6.45, 7) is 0. The molecule has 2 aromatic heterocycles. The Hall–Kier alpha value is -1.36. The molecule has 0 aliphatic heterocycles. The van der Waals surface area contributed by atoms with Crippen LogP contribution in [0.2, 0.25) is 5.15 Å². The predicted molar refractivity (Wildman–Crippen MR) is 69.9 cm³/mol. The highest BCUT2D eigenvalue weighted by molar-refractivity contribution is 6.33. The van der Waals surface area contributed by atoms with Crippen molar-refractivity contribution in [2.75, 3.05) is 0 Å². The summed E-state index contributed by atoms with van der Waals surface area (Å²) in [5.41, 5.74) is 1.06. The Kier molecular flexibility index (Phi) is 3.07. The quantitative estimate of drug-likeness (QED) is 0.638. The topological polar surface area (TPSA) is 63.6 Å². The van der Waals surface area contributed by atoms with Crippen molar-refractivity contribution in [2.24, 2.45) is 0 Å². The van der Waals surface area contributed by atoms with E-state index in [1.807, 2.05) is 0 Å². The van der Waals surface area contributed by atoms with Crippen molar-refractivity contribution in [3.05, 3.63) is 22.0 Å². The average Bonchev–Trinajstić information content (AvgIpc) is 2.54. The van der Waals surface area contributed by atoms with Crippen LogP contribution in [-0.2, 0) is 0 Å². The molecule has 3 rings (SSSR count). The van der Waals surface area contributed by atoms with E-state index in [-0.39, 0.29) is 11.7 Å². The first-order chi connectivity index (χ1) is 8.77. The Labute approximate surface area is 109 Å². The van der Waals surface area contributed by atoms with Crippen LogP contribution >= 0.6 is 11.6 Å². The number of hydrogen-bond acceptors (Lipinski definition) is 3. The van der Waals surface area contributed by atoms with E-state index < -0.39 is 0 Å². The molecule has 0 radical (unpaired) electrons. The molecule has 0 amide bonds. The minimum absolute atomic E-state index is 0.126. The number of aromatic nitrogens is 4. The summed E-state index contributed by atoms with van der Waals surface area (Å²) in [5.74, 6) is 0. The van der Waals surface area contributed by atoms with Crippen molar-refractivity contribution < 1.29 is 0 Å².